The molecular formula is C65H94N10O20. The number of urea groups is 1. The van der Waals surface area contributed by atoms with E-state index in [0.29, 0.717) is 173 Å². The molecule has 0 spiro atoms. The summed E-state index contributed by atoms with van der Waals surface area (Å²) in [6.07, 6.45) is 1.11. The van der Waals surface area contributed by atoms with E-state index in [9.17, 15) is 33.9 Å². The van der Waals surface area contributed by atoms with Gasteiger partial charge in [-0.25, -0.2) is 14.6 Å². The molecule has 3 atom stereocenters. The van der Waals surface area contributed by atoms with Gasteiger partial charge in [-0.3, -0.25) is 19.2 Å². The molecule has 524 valence electrons. The van der Waals surface area contributed by atoms with Gasteiger partial charge in [0.25, 0.3) is 5.56 Å². The highest BCUT2D eigenvalue weighted by Crippen LogP contribution is 2.41. The number of nitrogens with zero attached hydrogens (tertiary/aromatic N) is 5. The van der Waals surface area contributed by atoms with Gasteiger partial charge in [-0.05, 0) is 84.7 Å². The number of primary amides is 1. The fourth-order valence-corrected chi connectivity index (χ4v) is 10.2. The number of nitrogens with two attached hydrogens (primary N) is 1. The molecule has 0 fully saturated rings. The lowest BCUT2D eigenvalue weighted by Crippen LogP contribution is -2.54. The van der Waals surface area contributed by atoms with Gasteiger partial charge in [-0.15, -0.1) is 0 Å². The van der Waals surface area contributed by atoms with Crippen LogP contribution in [0.4, 0.5) is 10.5 Å². The maximum absolute atomic E-state index is 13.8. The highest BCUT2D eigenvalue weighted by molar-refractivity contribution is 5.98. The molecule has 5 amide bonds. The quantitative estimate of drug-likeness (QED) is 0.0105. The average Bonchev–Trinajstić information content (AvgIpc) is 1.63. The monoisotopic (exact) mass is 1330 g/mol. The van der Waals surface area contributed by atoms with Crippen LogP contribution in [0.1, 0.15) is 81.2 Å². The van der Waals surface area contributed by atoms with Crippen molar-refractivity contribution in [3.63, 3.8) is 0 Å². The van der Waals surface area contributed by atoms with Crippen molar-refractivity contribution in [2.45, 2.75) is 97.2 Å². The van der Waals surface area contributed by atoms with Crippen molar-refractivity contribution in [2.24, 2.45) is 16.8 Å². The number of esters is 1. The van der Waals surface area contributed by atoms with Gasteiger partial charge in [0.2, 0.25) is 17.7 Å². The number of benzene rings is 2. The van der Waals surface area contributed by atoms with Crippen LogP contribution in [0.3, 0.4) is 0 Å². The van der Waals surface area contributed by atoms with Crippen LogP contribution in [0.5, 0.6) is 5.75 Å². The molecule has 30 heteroatoms. The number of pyridine rings is 2. The third kappa shape index (κ3) is 25.6. The average molecular weight is 1340 g/mol. The molecule has 95 heavy (non-hydrogen) atoms. The summed E-state index contributed by atoms with van der Waals surface area (Å²) in [5.74, 6) is -2.02. The van der Waals surface area contributed by atoms with E-state index in [-0.39, 0.29) is 88.0 Å². The van der Waals surface area contributed by atoms with Gasteiger partial charge in [0.1, 0.15) is 31.0 Å². The second-order valence-electron chi connectivity index (χ2n) is 22.3. The van der Waals surface area contributed by atoms with Gasteiger partial charge < -0.3 is 98.3 Å². The number of fused-ring (bicyclic) bond motifs is 5. The molecular weight excluding hydrogens is 1240 g/mol. The summed E-state index contributed by atoms with van der Waals surface area (Å²) in [7, 11) is 0. The number of nitrogens with one attached hydrogen (secondary N) is 4. The number of carbonyl (C=O) groups excluding carboxylic acids is 5. The predicted molar refractivity (Wildman–Crippen MR) is 346 cm³/mol. The fourth-order valence-electron chi connectivity index (χ4n) is 10.2. The molecule has 0 aliphatic carbocycles. The Morgan fingerprint density at radius 3 is 1.76 bits per heavy atom. The molecule has 0 bridgehead atoms. The standard InChI is InChI=1S/C65H94N10O20/c1-5-49-50-40-48(13-14-54(50)71-59-51(49)42-75-56(59)41-53-52(62(75)79)44-95-63(80)65(53,82)6-2)94-43-46-9-11-47(12-10-46)70-60(77)55(8-7-16-68-64(66)81)72-61(78)58(45(3)4)73-57(76)15-18-83-20-22-85-24-26-87-28-30-89-32-34-91-36-38-93-39-37-92-35-33-90-31-29-88-27-25-86-23-21-84-19-17-69-74-67/h9-14,40-41,45,55,58,82H,5-8,15-39,42-44H2,1-4H3,(H,70,77)(H,72,78)(H,73,76)(H3,66,68,81)/t55-,58-,65-/m0/s1. The van der Waals surface area contributed by atoms with E-state index in [1.165, 1.54) is 0 Å². The van der Waals surface area contributed by atoms with E-state index >= 15 is 0 Å². The molecule has 0 unspecified atom stereocenters. The van der Waals surface area contributed by atoms with Crippen molar-refractivity contribution in [1.29, 1.82) is 0 Å². The van der Waals surface area contributed by atoms with Crippen molar-refractivity contribution < 1.29 is 90.7 Å². The number of cyclic esters (lactones) is 1. The second kappa shape index (κ2) is 42.9. The molecule has 4 aromatic rings. The number of ether oxygens (including phenoxy) is 13. The topological polar surface area (TPSA) is 383 Å². The van der Waals surface area contributed by atoms with E-state index in [1.54, 1.807) is 55.7 Å². The van der Waals surface area contributed by atoms with Crippen LogP contribution in [0.25, 0.3) is 32.7 Å². The smallest absolute Gasteiger partial charge is 0.343 e. The first-order valence-corrected chi connectivity index (χ1v) is 32.3. The predicted octanol–water partition coefficient (Wildman–Crippen LogP) is 4.12. The number of hydrogen-bond acceptors (Lipinski definition) is 22. The lowest BCUT2D eigenvalue weighted by atomic mass is 9.86. The number of amides is 5. The van der Waals surface area contributed by atoms with Crippen LogP contribution in [0.2, 0.25) is 0 Å². The lowest BCUT2D eigenvalue weighted by molar-refractivity contribution is -0.172. The van der Waals surface area contributed by atoms with Gasteiger partial charge in [0.15, 0.2) is 5.60 Å². The summed E-state index contributed by atoms with van der Waals surface area (Å²) in [6, 6.07) is 11.6. The van der Waals surface area contributed by atoms with Gasteiger partial charge in [-0.1, -0.05) is 44.9 Å². The van der Waals surface area contributed by atoms with Crippen molar-refractivity contribution in [2.75, 3.05) is 164 Å². The number of rotatable bonds is 51. The van der Waals surface area contributed by atoms with Crippen LogP contribution < -0.4 is 37.3 Å². The maximum atomic E-state index is 13.8. The van der Waals surface area contributed by atoms with Crippen molar-refractivity contribution in [3.8, 4) is 17.1 Å². The fraction of sp³-hybridized carbons (Fsp3) is 0.615. The zero-order valence-electron chi connectivity index (χ0n) is 55.0. The third-order valence-electron chi connectivity index (χ3n) is 15.2. The first-order chi connectivity index (χ1) is 46.2. The zero-order chi connectivity index (χ0) is 68.1. The molecule has 2 aromatic heterocycles. The van der Waals surface area contributed by atoms with Crippen LogP contribution >= 0.6 is 0 Å². The number of aryl methyl sites for hydroxylation is 1. The highest BCUT2D eigenvalue weighted by Gasteiger charge is 2.45. The molecule has 2 aliphatic heterocycles. The number of aromatic nitrogens is 2. The summed E-state index contributed by atoms with van der Waals surface area (Å²) >= 11 is 0. The Bertz CT molecular complexity index is 3150. The van der Waals surface area contributed by atoms with Crippen LogP contribution in [-0.4, -0.2) is 215 Å². The summed E-state index contributed by atoms with van der Waals surface area (Å²) in [4.78, 5) is 86.1. The van der Waals surface area contributed by atoms with Gasteiger partial charge >= 0.3 is 12.0 Å². The summed E-state index contributed by atoms with van der Waals surface area (Å²) in [5.41, 5.74) is 16.7. The summed E-state index contributed by atoms with van der Waals surface area (Å²) in [5, 5.41) is 26.5. The Kier molecular flexibility index (Phi) is 34.6. The van der Waals surface area contributed by atoms with Crippen LogP contribution in [0.15, 0.2) is 58.4 Å². The van der Waals surface area contributed by atoms with Crippen molar-refractivity contribution in [3.05, 3.63) is 97.1 Å². The molecule has 7 N–H and O–H groups in total. The van der Waals surface area contributed by atoms with Gasteiger partial charge in [-0.2, -0.15) is 0 Å². The number of hydrogen-bond donors (Lipinski definition) is 6. The van der Waals surface area contributed by atoms with E-state index in [1.807, 2.05) is 25.1 Å². The third-order valence-corrected chi connectivity index (χ3v) is 15.2. The Hall–Kier alpha value is -7.42. The van der Waals surface area contributed by atoms with Crippen LogP contribution in [-0.2, 0) is 108 Å². The minimum atomic E-state index is -1.93. The van der Waals surface area contributed by atoms with E-state index in [4.69, 9.17) is 77.8 Å². The van der Waals surface area contributed by atoms with E-state index in [0.717, 1.165) is 22.1 Å². The van der Waals surface area contributed by atoms with E-state index in [2.05, 4.69) is 31.3 Å². The summed E-state index contributed by atoms with van der Waals surface area (Å²) in [6.45, 7) is 16.7. The Morgan fingerprint density at radius 1 is 0.716 bits per heavy atom. The molecule has 6 rings (SSSR count). The van der Waals surface area contributed by atoms with Crippen molar-refractivity contribution in [1.82, 2.24) is 25.5 Å². The number of carbonyl (C=O) groups is 5. The lowest BCUT2D eigenvalue weighted by Gasteiger charge is -2.31. The Labute approximate surface area is 552 Å². The normalized spacial score (nSPS) is 14.5. The molecule has 2 aliphatic rings. The van der Waals surface area contributed by atoms with Gasteiger partial charge in [0.05, 0.1) is 174 Å². The largest absolute Gasteiger partial charge is 0.489 e. The Morgan fingerprint density at radius 2 is 1.25 bits per heavy atom. The van der Waals surface area contributed by atoms with Crippen LogP contribution in [0, 0.1) is 5.92 Å². The minimum Gasteiger partial charge on any atom is -0.489 e. The highest BCUT2D eigenvalue weighted by atomic mass is 16.6. The molecule has 30 nitrogen and oxygen atoms in total. The first-order valence-electron chi connectivity index (χ1n) is 32.3. The molecule has 0 saturated carbocycles. The molecule has 2 aromatic carbocycles. The number of azide groups is 1. The molecule has 0 radical (unpaired) electrons. The zero-order valence-corrected chi connectivity index (χ0v) is 55.0. The SMILES string of the molecule is CCc1c2c(nc3ccc(OCc4ccc(NC(=O)[C@H](CCCNC(N)=O)NC(=O)[C@@H](NC(=O)CCOCCOCCOCCOCCOCCOCCOCCOCCOCCOCCOCCN=[N+]=[N-])C(C)C)cc4)cc13)-c1cc3c(c(=O)n1C2)COC(=O)[C@]3(O)CC. The molecule has 4 heterocycles. The summed E-state index contributed by atoms with van der Waals surface area (Å²) < 4.78 is 73.4. The maximum Gasteiger partial charge on any atom is 0.343 e. The number of aliphatic hydroxyl groups is 1. The van der Waals surface area contributed by atoms with Crippen molar-refractivity contribution >= 4 is 46.3 Å². The second-order valence-corrected chi connectivity index (χ2v) is 22.3. The van der Waals surface area contributed by atoms with Gasteiger partial charge in [0, 0.05) is 46.6 Å². The van der Waals surface area contributed by atoms with E-state index < -0.39 is 47.4 Å². The number of anilines is 1. The first kappa shape index (κ1) is 76.6. The Balaban J connectivity index is 0.794. The molecule has 0 saturated heterocycles. The minimum absolute atomic E-state index is 0.0196.